The zero-order chi connectivity index (χ0) is 21.2. The monoisotopic (exact) mass is 389 g/mol. The van der Waals surface area contributed by atoms with E-state index in [0.717, 1.165) is 16.8 Å². The summed E-state index contributed by atoms with van der Waals surface area (Å²) in [6, 6.07) is 5.59. The molecule has 1 unspecified atom stereocenters. The van der Waals surface area contributed by atoms with Crippen LogP contribution in [0.15, 0.2) is 18.2 Å². The van der Waals surface area contributed by atoms with Gasteiger partial charge in [-0.05, 0) is 51.0 Å². The summed E-state index contributed by atoms with van der Waals surface area (Å²) < 4.78 is 6.68. The van der Waals surface area contributed by atoms with Crippen molar-refractivity contribution in [3.8, 4) is 0 Å². The van der Waals surface area contributed by atoms with Crippen molar-refractivity contribution in [3.63, 3.8) is 0 Å². The fourth-order valence-electron chi connectivity index (χ4n) is 3.58. The van der Waals surface area contributed by atoms with Gasteiger partial charge in [0.2, 0.25) is 0 Å². The van der Waals surface area contributed by atoms with Gasteiger partial charge >= 0.3 is 5.97 Å². The lowest BCUT2D eigenvalue weighted by atomic mass is 9.71. The van der Waals surface area contributed by atoms with Crippen LogP contribution in [0.1, 0.15) is 49.2 Å². The molecule has 0 radical (unpaired) electrons. The van der Waals surface area contributed by atoms with Gasteiger partial charge in [-0.15, -0.1) is 0 Å². The second-order valence-corrected chi connectivity index (χ2v) is 7.49. The van der Waals surface area contributed by atoms with Gasteiger partial charge in [-0.2, -0.15) is 5.10 Å². The molecule has 154 valence electrons. The first-order valence-corrected chi connectivity index (χ1v) is 9.23. The number of aryl methyl sites for hydroxylation is 1. The fraction of sp³-hybridized carbons (Fsp3) is 0.500. The van der Waals surface area contributed by atoms with Crippen molar-refractivity contribution in [1.29, 1.82) is 0 Å². The Morgan fingerprint density at radius 3 is 2.57 bits per heavy atom. The fourth-order valence-corrected chi connectivity index (χ4v) is 3.58. The molecule has 0 amide bonds. The molecule has 1 heterocycles. The molecule has 5 N–H and O–H groups in total. The summed E-state index contributed by atoms with van der Waals surface area (Å²) >= 11 is 0. The minimum atomic E-state index is -0.915. The van der Waals surface area contributed by atoms with Crippen molar-refractivity contribution in [3.05, 3.63) is 40.7 Å². The van der Waals surface area contributed by atoms with E-state index in [0.29, 0.717) is 23.6 Å². The molecular weight excluding hydrogens is 358 g/mol. The molecule has 0 saturated carbocycles. The Bertz CT molecular complexity index is 860. The predicted molar refractivity (Wildman–Crippen MR) is 110 cm³/mol. The summed E-state index contributed by atoms with van der Waals surface area (Å²) in [5.74, 6) is 5.26. The van der Waals surface area contributed by atoms with Crippen molar-refractivity contribution in [2.45, 2.75) is 40.2 Å². The van der Waals surface area contributed by atoms with Crippen LogP contribution in [0.5, 0.6) is 0 Å². The summed E-state index contributed by atoms with van der Waals surface area (Å²) in [5.41, 5.74) is 9.78. The van der Waals surface area contributed by atoms with Gasteiger partial charge in [0.15, 0.2) is 0 Å². The summed E-state index contributed by atoms with van der Waals surface area (Å²) in [6.07, 6.45) is 0. The molecule has 8 nitrogen and oxygen atoms in total. The Balaban J connectivity index is 2.72. The number of hydrogen-bond donors (Lipinski definition) is 3. The van der Waals surface area contributed by atoms with Crippen LogP contribution in [0.4, 0.5) is 11.4 Å². The Labute approximate surface area is 166 Å². The average molecular weight is 390 g/mol. The summed E-state index contributed by atoms with van der Waals surface area (Å²) in [6.45, 7) is 7.96. The van der Waals surface area contributed by atoms with Gasteiger partial charge in [0.25, 0.3) is 0 Å². The highest BCUT2D eigenvalue weighted by Gasteiger charge is 2.42. The maximum absolute atomic E-state index is 12.6. The number of nitrogens with zero attached hydrogens (tertiary/aromatic N) is 3. The highest BCUT2D eigenvalue weighted by molar-refractivity contribution is 5.79. The lowest BCUT2D eigenvalue weighted by molar-refractivity contribution is -0.151. The smallest absolute Gasteiger partial charge is 0.312 e. The number of ether oxygens (including phenoxy) is 1. The molecule has 0 fully saturated rings. The minimum Gasteiger partial charge on any atom is -0.469 e. The highest BCUT2D eigenvalue weighted by Crippen LogP contribution is 2.44. The van der Waals surface area contributed by atoms with Gasteiger partial charge in [-0.1, -0.05) is 6.07 Å². The summed E-state index contributed by atoms with van der Waals surface area (Å²) in [7, 11) is 3.13. The van der Waals surface area contributed by atoms with Crippen LogP contribution in [-0.2, 0) is 23.2 Å². The lowest BCUT2D eigenvalue weighted by Gasteiger charge is -2.33. The molecule has 1 aromatic carbocycles. The molecule has 8 heteroatoms. The molecule has 0 aliphatic heterocycles. The lowest BCUT2D eigenvalue weighted by Crippen LogP contribution is -2.35. The molecule has 0 bridgehead atoms. The largest absolute Gasteiger partial charge is 0.469 e. The van der Waals surface area contributed by atoms with E-state index in [1.165, 1.54) is 7.11 Å². The number of rotatable bonds is 7. The number of methoxy groups -OCH3 is 1. The Morgan fingerprint density at radius 2 is 2.07 bits per heavy atom. The van der Waals surface area contributed by atoms with Crippen LogP contribution in [0, 0.1) is 12.3 Å². The number of nitrogens with two attached hydrogens (primary N) is 2. The minimum absolute atomic E-state index is 0.145. The second-order valence-electron chi connectivity index (χ2n) is 7.49. The van der Waals surface area contributed by atoms with Crippen molar-refractivity contribution in [1.82, 2.24) is 9.78 Å². The number of aliphatic hydroxyl groups is 1. The van der Waals surface area contributed by atoms with E-state index in [9.17, 15) is 9.90 Å². The van der Waals surface area contributed by atoms with Crippen molar-refractivity contribution >= 4 is 17.3 Å². The summed E-state index contributed by atoms with van der Waals surface area (Å²) in [4.78, 5) is 12.6. The van der Waals surface area contributed by atoms with Crippen molar-refractivity contribution in [2.75, 3.05) is 24.4 Å². The molecule has 1 atom stereocenters. The van der Waals surface area contributed by atoms with Crippen molar-refractivity contribution < 1.29 is 14.6 Å². The molecular formula is C20H31N5O3. The molecule has 2 rings (SSSR count). The third-order valence-corrected chi connectivity index (χ3v) is 5.38. The second kappa shape index (κ2) is 8.20. The Morgan fingerprint density at radius 1 is 1.43 bits per heavy atom. The first-order valence-electron chi connectivity index (χ1n) is 9.23. The maximum Gasteiger partial charge on any atom is 0.312 e. The number of anilines is 2. The van der Waals surface area contributed by atoms with Crippen LogP contribution < -0.4 is 16.6 Å². The van der Waals surface area contributed by atoms with E-state index in [2.05, 4.69) is 5.10 Å². The number of esters is 1. The van der Waals surface area contributed by atoms with E-state index in [4.69, 9.17) is 16.3 Å². The zero-order valence-electron chi connectivity index (χ0n) is 17.5. The van der Waals surface area contributed by atoms with Gasteiger partial charge < -0.3 is 20.6 Å². The number of carbonyl (C=O) groups is 1. The van der Waals surface area contributed by atoms with Crippen molar-refractivity contribution in [2.24, 2.45) is 18.3 Å². The van der Waals surface area contributed by atoms with Gasteiger partial charge in [0.1, 0.15) is 0 Å². The molecule has 28 heavy (non-hydrogen) atoms. The molecule has 2 aromatic rings. The van der Waals surface area contributed by atoms with Crippen LogP contribution in [0.3, 0.4) is 0 Å². The number of aliphatic hydroxyl groups excluding tert-OH is 1. The van der Waals surface area contributed by atoms with E-state index >= 15 is 0 Å². The highest BCUT2D eigenvalue weighted by atomic mass is 16.5. The first kappa shape index (κ1) is 21.7. The maximum atomic E-state index is 12.6. The van der Waals surface area contributed by atoms with Crippen LogP contribution in [0.2, 0.25) is 0 Å². The molecule has 0 spiro atoms. The third-order valence-electron chi connectivity index (χ3n) is 5.38. The quantitative estimate of drug-likeness (QED) is 0.286. The Kier molecular flexibility index (Phi) is 6.36. The van der Waals surface area contributed by atoms with Gasteiger partial charge in [0, 0.05) is 19.5 Å². The first-order chi connectivity index (χ1) is 13.1. The van der Waals surface area contributed by atoms with E-state index in [-0.39, 0.29) is 12.6 Å². The molecule has 0 saturated heterocycles. The number of benzene rings is 1. The number of hydrazine groups is 1. The summed E-state index contributed by atoms with van der Waals surface area (Å²) in [5, 5.41) is 15.7. The normalized spacial score (nSPS) is 12.7. The van der Waals surface area contributed by atoms with Gasteiger partial charge in [0.05, 0.1) is 41.9 Å². The topological polar surface area (TPSA) is 120 Å². The predicted octanol–water partition coefficient (Wildman–Crippen LogP) is 1.83. The Hall–Kier alpha value is -2.58. The van der Waals surface area contributed by atoms with Gasteiger partial charge in [-0.3, -0.25) is 9.48 Å². The average Bonchev–Trinajstić information content (AvgIpc) is 3.03. The molecule has 1 aromatic heterocycles. The number of aromatic nitrogens is 2. The van der Waals surface area contributed by atoms with Crippen LogP contribution >= 0.6 is 0 Å². The third kappa shape index (κ3) is 3.70. The van der Waals surface area contributed by atoms with E-state index in [1.54, 1.807) is 22.8 Å². The molecule has 0 aliphatic rings. The molecule has 0 aliphatic carbocycles. The van der Waals surface area contributed by atoms with Crippen LogP contribution in [0.25, 0.3) is 0 Å². The van der Waals surface area contributed by atoms with Gasteiger partial charge in [-0.25, -0.2) is 5.84 Å². The SMILES string of the molecule is CCN(N)c1ccc(C(c2cc(CO)n(C)n2)C(C)(C)C(=O)OC)c(C)c1N. The zero-order valence-corrected chi connectivity index (χ0v) is 17.5. The van der Waals surface area contributed by atoms with E-state index < -0.39 is 11.3 Å². The number of carbonyl (C=O) groups excluding carboxylic acids is 1. The van der Waals surface area contributed by atoms with Crippen LogP contribution in [-0.4, -0.2) is 34.5 Å². The number of nitrogen functional groups attached to an aromatic ring is 1. The standard InChI is InChI=1S/C20H31N5O3/c1-7-25(22)16-9-8-14(12(2)18(16)21)17(20(3,4)19(27)28-6)15-10-13(11-26)24(5)23-15/h8-10,17,26H,7,11,21-22H2,1-6H3. The number of hydrogen-bond acceptors (Lipinski definition) is 7. The van der Waals surface area contributed by atoms with E-state index in [1.807, 2.05) is 39.8 Å².